The molecule has 2 fully saturated rings. The first-order chi connectivity index (χ1) is 9.14. The Hall–Kier alpha value is -0.710. The molecule has 2 aliphatic rings. The zero-order chi connectivity index (χ0) is 13.3. The van der Waals surface area contributed by atoms with Crippen LogP contribution in [0.3, 0.4) is 0 Å². The highest BCUT2D eigenvalue weighted by Gasteiger charge is 2.55. The molecule has 0 aromatic heterocycles. The third kappa shape index (κ3) is 3.07. The van der Waals surface area contributed by atoms with E-state index in [1.54, 1.807) is 0 Å². The van der Waals surface area contributed by atoms with Crippen LogP contribution in [0.5, 0.6) is 0 Å². The van der Waals surface area contributed by atoms with Gasteiger partial charge in [-0.3, -0.25) is 4.21 Å². The molecule has 19 heavy (non-hydrogen) atoms. The van der Waals surface area contributed by atoms with Gasteiger partial charge in [0, 0.05) is 4.75 Å². The highest BCUT2D eigenvalue weighted by atomic mass is 32.2. The fourth-order valence-corrected chi connectivity index (χ4v) is 3.59. The van der Waals surface area contributed by atoms with E-state index in [1.807, 2.05) is 18.2 Å². The highest BCUT2D eigenvalue weighted by molar-refractivity contribution is 7.81. The van der Waals surface area contributed by atoms with E-state index < -0.39 is 15.8 Å². The second-order valence-electron chi connectivity index (χ2n) is 6.07. The quantitative estimate of drug-likeness (QED) is 0.721. The molecule has 0 saturated heterocycles. The van der Waals surface area contributed by atoms with Gasteiger partial charge >= 0.3 is 0 Å². The zero-order valence-corrected chi connectivity index (χ0v) is 11.8. The van der Waals surface area contributed by atoms with Crippen LogP contribution in [0.1, 0.15) is 37.7 Å². The lowest BCUT2D eigenvalue weighted by molar-refractivity contribution is 0.0735. The molecule has 1 atom stereocenters. The summed E-state index contributed by atoms with van der Waals surface area (Å²) >= 11 is -1.92. The van der Waals surface area contributed by atoms with Gasteiger partial charge in [0.2, 0.25) is 0 Å². The van der Waals surface area contributed by atoms with Crippen LogP contribution in [0.15, 0.2) is 30.3 Å². The first-order valence-corrected chi connectivity index (χ1v) is 7.93. The van der Waals surface area contributed by atoms with Gasteiger partial charge in [0.05, 0.1) is 13.2 Å². The van der Waals surface area contributed by atoms with Gasteiger partial charge in [-0.05, 0) is 54.2 Å². The van der Waals surface area contributed by atoms with Crippen LogP contribution in [0.4, 0.5) is 0 Å². The third-order valence-corrected chi connectivity index (χ3v) is 5.60. The van der Waals surface area contributed by atoms with Gasteiger partial charge in [-0.2, -0.15) is 0 Å². The Morgan fingerprint density at radius 3 is 2.37 bits per heavy atom. The highest BCUT2D eigenvalue weighted by Crippen LogP contribution is 2.58. The summed E-state index contributed by atoms with van der Waals surface area (Å²) in [4.78, 5) is 0. The molecule has 0 amide bonds. The summed E-state index contributed by atoms with van der Waals surface area (Å²) in [6, 6.07) is 10.1. The predicted octanol–water partition coefficient (Wildman–Crippen LogP) is 2.79. The second-order valence-corrected chi connectivity index (χ2v) is 7.41. The molecule has 0 aliphatic heterocycles. The topological polar surface area (TPSA) is 49.4 Å². The standard InChI is InChI=1S/C15H20O3S/c16-19(17)15(8-9-15)11-14(6-7-14)12-18-10-13-4-2-1-3-5-13/h1-5H,6-12H2,(H,16,17)/p-1. The number of hydrogen-bond donors (Lipinski definition) is 0. The first kappa shape index (κ1) is 13.3. The Morgan fingerprint density at radius 2 is 1.84 bits per heavy atom. The van der Waals surface area contributed by atoms with Crippen LogP contribution in [-0.4, -0.2) is 20.1 Å². The van der Waals surface area contributed by atoms with E-state index >= 15 is 0 Å². The van der Waals surface area contributed by atoms with Crippen molar-refractivity contribution >= 4 is 11.1 Å². The normalized spacial score (nSPS) is 23.8. The Morgan fingerprint density at radius 1 is 1.16 bits per heavy atom. The van der Waals surface area contributed by atoms with Crippen molar-refractivity contribution in [1.82, 2.24) is 0 Å². The van der Waals surface area contributed by atoms with Gasteiger partial charge in [0.1, 0.15) is 0 Å². The van der Waals surface area contributed by atoms with Crippen LogP contribution >= 0.6 is 0 Å². The van der Waals surface area contributed by atoms with Crippen molar-refractivity contribution in [3.05, 3.63) is 35.9 Å². The molecular formula is C15H19O3S-. The van der Waals surface area contributed by atoms with Crippen LogP contribution in [-0.2, 0) is 22.4 Å². The van der Waals surface area contributed by atoms with E-state index in [0.29, 0.717) is 13.2 Å². The molecule has 2 aliphatic carbocycles. The fraction of sp³-hybridized carbons (Fsp3) is 0.600. The van der Waals surface area contributed by atoms with Gasteiger partial charge < -0.3 is 9.29 Å². The lowest BCUT2D eigenvalue weighted by Crippen LogP contribution is -2.24. The van der Waals surface area contributed by atoms with E-state index in [2.05, 4.69) is 12.1 Å². The van der Waals surface area contributed by atoms with Gasteiger partial charge in [-0.1, -0.05) is 30.3 Å². The van der Waals surface area contributed by atoms with Gasteiger partial charge in [-0.25, -0.2) is 0 Å². The van der Waals surface area contributed by atoms with Crippen molar-refractivity contribution in [2.75, 3.05) is 6.61 Å². The average molecular weight is 279 g/mol. The Labute approximate surface area is 116 Å². The monoisotopic (exact) mass is 279 g/mol. The van der Waals surface area contributed by atoms with E-state index in [4.69, 9.17) is 4.74 Å². The molecular weight excluding hydrogens is 260 g/mol. The smallest absolute Gasteiger partial charge is 0.0717 e. The molecule has 0 N–H and O–H groups in total. The number of benzene rings is 1. The zero-order valence-electron chi connectivity index (χ0n) is 11.0. The molecule has 0 spiro atoms. The number of hydrogen-bond acceptors (Lipinski definition) is 3. The summed E-state index contributed by atoms with van der Waals surface area (Å²) < 4.78 is 27.9. The summed E-state index contributed by atoms with van der Waals surface area (Å²) in [6.45, 7) is 1.32. The third-order valence-electron chi connectivity index (χ3n) is 4.34. The molecule has 1 aromatic rings. The average Bonchev–Trinajstić information content (AvgIpc) is 3.31. The maximum Gasteiger partial charge on any atom is 0.0717 e. The first-order valence-electron chi connectivity index (χ1n) is 6.85. The minimum absolute atomic E-state index is 0.144. The Kier molecular flexibility index (Phi) is 3.50. The van der Waals surface area contributed by atoms with Gasteiger partial charge in [0.25, 0.3) is 0 Å². The summed E-state index contributed by atoms with van der Waals surface area (Å²) in [5.41, 5.74) is 1.32. The lowest BCUT2D eigenvalue weighted by atomic mass is 10.00. The Bertz CT molecular complexity index is 464. The van der Waals surface area contributed by atoms with E-state index in [0.717, 1.165) is 32.1 Å². The van der Waals surface area contributed by atoms with Crippen molar-refractivity contribution in [3.8, 4) is 0 Å². The minimum Gasteiger partial charge on any atom is -0.772 e. The largest absolute Gasteiger partial charge is 0.772 e. The molecule has 0 heterocycles. The maximum atomic E-state index is 11.2. The molecule has 0 radical (unpaired) electrons. The van der Waals surface area contributed by atoms with Crippen LogP contribution in [0.2, 0.25) is 0 Å². The van der Waals surface area contributed by atoms with Crippen LogP contribution < -0.4 is 0 Å². The molecule has 1 aromatic carbocycles. The van der Waals surface area contributed by atoms with Crippen LogP contribution in [0, 0.1) is 5.41 Å². The number of ether oxygens (including phenoxy) is 1. The van der Waals surface area contributed by atoms with E-state index in [1.165, 1.54) is 5.56 Å². The molecule has 2 saturated carbocycles. The van der Waals surface area contributed by atoms with Crippen molar-refractivity contribution in [1.29, 1.82) is 0 Å². The SMILES string of the molecule is O=S([O-])C1(CC2(COCc3ccccc3)CC2)CC1. The summed E-state index contributed by atoms with van der Waals surface area (Å²) in [7, 11) is 0. The molecule has 3 nitrogen and oxygen atoms in total. The summed E-state index contributed by atoms with van der Waals surface area (Å²) in [5.74, 6) is 0. The molecule has 104 valence electrons. The molecule has 4 heteroatoms. The molecule has 0 bridgehead atoms. The maximum absolute atomic E-state index is 11.2. The van der Waals surface area contributed by atoms with Crippen LogP contribution in [0.25, 0.3) is 0 Å². The summed E-state index contributed by atoms with van der Waals surface area (Å²) in [5, 5.41) is 0. The summed E-state index contributed by atoms with van der Waals surface area (Å²) in [6.07, 6.45) is 4.69. The molecule has 3 rings (SSSR count). The van der Waals surface area contributed by atoms with E-state index in [-0.39, 0.29) is 5.41 Å². The van der Waals surface area contributed by atoms with Crippen molar-refractivity contribution in [2.24, 2.45) is 5.41 Å². The lowest BCUT2D eigenvalue weighted by Gasteiger charge is -2.24. The molecule has 1 unspecified atom stereocenters. The van der Waals surface area contributed by atoms with Gasteiger partial charge in [0.15, 0.2) is 0 Å². The number of rotatable bonds is 7. The minimum atomic E-state index is -1.92. The van der Waals surface area contributed by atoms with Gasteiger partial charge in [-0.15, -0.1) is 0 Å². The fourth-order valence-electron chi connectivity index (χ4n) is 2.73. The van der Waals surface area contributed by atoms with Crippen molar-refractivity contribution < 1.29 is 13.5 Å². The second kappa shape index (κ2) is 5.00. The van der Waals surface area contributed by atoms with E-state index in [9.17, 15) is 8.76 Å². The van der Waals surface area contributed by atoms with Crippen molar-refractivity contribution in [2.45, 2.75) is 43.5 Å². The predicted molar refractivity (Wildman–Crippen MR) is 73.3 cm³/mol. The Balaban J connectivity index is 1.49. The van der Waals surface area contributed by atoms with Crippen molar-refractivity contribution in [3.63, 3.8) is 0 Å².